The molecule has 0 spiro atoms. The summed E-state index contributed by atoms with van der Waals surface area (Å²) in [5.74, 6) is 1.04. The molecule has 1 fully saturated rings. The Morgan fingerprint density at radius 2 is 2.13 bits per heavy atom. The Morgan fingerprint density at radius 1 is 1.39 bits per heavy atom. The number of hydrogen-bond acceptors (Lipinski definition) is 4. The molecular formula is C17H22N4O2. The van der Waals surface area contributed by atoms with Crippen molar-refractivity contribution in [2.75, 3.05) is 19.6 Å². The molecular weight excluding hydrogens is 292 g/mol. The van der Waals surface area contributed by atoms with Crippen LogP contribution in [-0.2, 0) is 11.3 Å². The maximum atomic E-state index is 12.6. The fraction of sp³-hybridized carbons (Fsp3) is 0.471. The largest absolute Gasteiger partial charge is 0.335 e. The number of H-pyrrole nitrogens is 1. The minimum absolute atomic E-state index is 0.0108. The van der Waals surface area contributed by atoms with E-state index in [1.54, 1.807) is 11.0 Å². The van der Waals surface area contributed by atoms with Gasteiger partial charge in [0.2, 0.25) is 5.91 Å². The lowest BCUT2D eigenvalue weighted by Crippen LogP contribution is -2.50. The first-order chi connectivity index (χ1) is 11.1. The summed E-state index contributed by atoms with van der Waals surface area (Å²) in [6, 6.07) is 7.23. The first kappa shape index (κ1) is 15.7. The number of aromatic nitrogens is 2. The molecule has 6 nitrogen and oxygen atoms in total. The third kappa shape index (κ3) is 3.12. The molecule has 3 rings (SSSR count). The van der Waals surface area contributed by atoms with Crippen LogP contribution in [0.1, 0.15) is 19.7 Å². The number of hydrogen-bond donors (Lipinski definition) is 2. The van der Waals surface area contributed by atoms with Crippen molar-refractivity contribution in [2.45, 2.75) is 20.4 Å². The molecule has 6 heteroatoms. The molecule has 0 bridgehead atoms. The Bertz CT molecular complexity index is 767. The van der Waals surface area contributed by atoms with Crippen LogP contribution < -0.4 is 10.9 Å². The van der Waals surface area contributed by atoms with Crippen molar-refractivity contribution in [2.24, 2.45) is 11.8 Å². The van der Waals surface area contributed by atoms with Gasteiger partial charge < -0.3 is 15.2 Å². The monoisotopic (exact) mass is 314 g/mol. The quantitative estimate of drug-likeness (QED) is 0.867. The van der Waals surface area contributed by atoms with Crippen LogP contribution in [0.3, 0.4) is 0 Å². The fourth-order valence-corrected chi connectivity index (χ4v) is 2.89. The van der Waals surface area contributed by atoms with Gasteiger partial charge in [-0.05, 0) is 38.1 Å². The molecule has 1 aromatic heterocycles. The van der Waals surface area contributed by atoms with Crippen molar-refractivity contribution >= 4 is 16.8 Å². The standard InChI is InChI=1S/C17H22N4O2/c1-3-21(17(23)11(2)12-8-18-9-12)10-15-19-14-7-5-4-6-13(14)16(22)20-15/h4-7,11-12,18H,3,8-10H2,1-2H3,(H,19,20,22). The molecule has 2 N–H and O–H groups in total. The van der Waals surface area contributed by atoms with E-state index in [0.717, 1.165) is 13.1 Å². The molecule has 1 aliphatic rings. The number of benzene rings is 1. The zero-order chi connectivity index (χ0) is 16.4. The van der Waals surface area contributed by atoms with E-state index in [1.807, 2.05) is 32.0 Å². The number of nitrogens with one attached hydrogen (secondary N) is 2. The number of fused-ring (bicyclic) bond motifs is 1. The van der Waals surface area contributed by atoms with Crippen molar-refractivity contribution in [3.63, 3.8) is 0 Å². The van der Waals surface area contributed by atoms with Gasteiger partial charge in [-0.2, -0.15) is 0 Å². The lowest BCUT2D eigenvalue weighted by molar-refractivity contribution is -0.137. The van der Waals surface area contributed by atoms with E-state index in [4.69, 9.17) is 0 Å². The van der Waals surface area contributed by atoms with Gasteiger partial charge in [0.15, 0.2) is 0 Å². The van der Waals surface area contributed by atoms with E-state index >= 15 is 0 Å². The maximum Gasteiger partial charge on any atom is 0.258 e. The van der Waals surface area contributed by atoms with Crippen LogP contribution in [0.5, 0.6) is 0 Å². The van der Waals surface area contributed by atoms with Gasteiger partial charge in [-0.3, -0.25) is 9.59 Å². The lowest BCUT2D eigenvalue weighted by atomic mass is 9.88. The molecule has 0 radical (unpaired) electrons. The van der Waals surface area contributed by atoms with Gasteiger partial charge in [0.1, 0.15) is 5.82 Å². The highest BCUT2D eigenvalue weighted by atomic mass is 16.2. The number of aromatic amines is 1. The first-order valence-electron chi connectivity index (χ1n) is 8.07. The SMILES string of the molecule is CCN(Cc1nc2ccccc2c(=O)[nH]1)C(=O)C(C)C1CNC1. The summed E-state index contributed by atoms with van der Waals surface area (Å²) in [7, 11) is 0. The predicted octanol–water partition coefficient (Wildman–Crippen LogP) is 1.13. The highest BCUT2D eigenvalue weighted by molar-refractivity contribution is 5.79. The van der Waals surface area contributed by atoms with Crippen LogP contribution in [-0.4, -0.2) is 40.4 Å². The molecule has 1 unspecified atom stereocenters. The van der Waals surface area contributed by atoms with E-state index in [9.17, 15) is 9.59 Å². The average molecular weight is 314 g/mol. The summed E-state index contributed by atoms with van der Waals surface area (Å²) in [5, 5.41) is 3.77. The minimum Gasteiger partial charge on any atom is -0.335 e. The molecule has 122 valence electrons. The normalized spacial score (nSPS) is 16.1. The highest BCUT2D eigenvalue weighted by Crippen LogP contribution is 2.19. The van der Waals surface area contributed by atoms with Crippen molar-refractivity contribution < 1.29 is 4.79 Å². The maximum absolute atomic E-state index is 12.6. The van der Waals surface area contributed by atoms with Gasteiger partial charge in [0.05, 0.1) is 17.4 Å². The van der Waals surface area contributed by atoms with Crippen LogP contribution in [0.4, 0.5) is 0 Å². The molecule has 1 aliphatic heterocycles. The molecule has 2 aromatic rings. The third-order valence-corrected chi connectivity index (χ3v) is 4.61. The molecule has 2 heterocycles. The Hall–Kier alpha value is -2.21. The van der Waals surface area contributed by atoms with E-state index in [-0.39, 0.29) is 17.4 Å². The summed E-state index contributed by atoms with van der Waals surface area (Å²) >= 11 is 0. The van der Waals surface area contributed by atoms with E-state index < -0.39 is 0 Å². The van der Waals surface area contributed by atoms with E-state index in [2.05, 4.69) is 15.3 Å². The van der Waals surface area contributed by atoms with Gasteiger partial charge in [0.25, 0.3) is 5.56 Å². The summed E-state index contributed by atoms with van der Waals surface area (Å²) in [5.41, 5.74) is 0.497. The van der Waals surface area contributed by atoms with E-state index in [1.165, 1.54) is 0 Å². The Labute approximate surface area is 134 Å². The molecule has 23 heavy (non-hydrogen) atoms. The second kappa shape index (κ2) is 6.50. The zero-order valence-corrected chi connectivity index (χ0v) is 13.5. The van der Waals surface area contributed by atoms with Gasteiger partial charge in [-0.15, -0.1) is 0 Å². The highest BCUT2D eigenvalue weighted by Gasteiger charge is 2.31. The summed E-state index contributed by atoms with van der Waals surface area (Å²) in [6.45, 7) is 6.65. The number of amides is 1. The Kier molecular flexibility index (Phi) is 4.43. The number of rotatable bonds is 5. The van der Waals surface area contributed by atoms with Crippen LogP contribution in [0.2, 0.25) is 0 Å². The molecule has 0 saturated carbocycles. The topological polar surface area (TPSA) is 78.1 Å². The fourth-order valence-electron chi connectivity index (χ4n) is 2.89. The third-order valence-electron chi connectivity index (χ3n) is 4.61. The molecule has 0 aliphatic carbocycles. The number of nitrogens with zero attached hydrogens (tertiary/aromatic N) is 2. The first-order valence-corrected chi connectivity index (χ1v) is 8.07. The summed E-state index contributed by atoms with van der Waals surface area (Å²) in [6.07, 6.45) is 0. The Balaban J connectivity index is 1.81. The minimum atomic E-state index is -0.162. The van der Waals surface area contributed by atoms with Gasteiger partial charge in [-0.25, -0.2) is 4.98 Å². The average Bonchev–Trinajstić information content (AvgIpc) is 2.50. The lowest BCUT2D eigenvalue weighted by Gasteiger charge is -2.34. The van der Waals surface area contributed by atoms with Crippen LogP contribution in [0, 0.1) is 11.8 Å². The second-order valence-electron chi connectivity index (χ2n) is 6.09. The van der Waals surface area contributed by atoms with Crippen LogP contribution in [0.25, 0.3) is 10.9 Å². The number of carbonyl (C=O) groups excluding carboxylic acids is 1. The van der Waals surface area contributed by atoms with Gasteiger partial charge in [-0.1, -0.05) is 19.1 Å². The zero-order valence-electron chi connectivity index (χ0n) is 13.5. The molecule has 1 saturated heterocycles. The van der Waals surface area contributed by atoms with Gasteiger partial charge >= 0.3 is 0 Å². The summed E-state index contributed by atoms with van der Waals surface area (Å²) < 4.78 is 0. The van der Waals surface area contributed by atoms with Crippen molar-refractivity contribution in [3.05, 3.63) is 40.4 Å². The van der Waals surface area contributed by atoms with Crippen molar-refractivity contribution in [3.8, 4) is 0 Å². The molecule has 1 amide bonds. The number of carbonyl (C=O) groups is 1. The summed E-state index contributed by atoms with van der Waals surface area (Å²) in [4.78, 5) is 33.8. The van der Waals surface area contributed by atoms with Crippen molar-refractivity contribution in [1.82, 2.24) is 20.2 Å². The second-order valence-corrected chi connectivity index (χ2v) is 6.09. The smallest absolute Gasteiger partial charge is 0.258 e. The van der Waals surface area contributed by atoms with Crippen molar-refractivity contribution in [1.29, 1.82) is 0 Å². The predicted molar refractivity (Wildman–Crippen MR) is 89.0 cm³/mol. The van der Waals surface area contributed by atoms with Crippen LogP contribution in [0.15, 0.2) is 29.1 Å². The number of para-hydroxylation sites is 1. The molecule has 1 aromatic carbocycles. The van der Waals surface area contributed by atoms with E-state index in [0.29, 0.717) is 35.7 Å². The Morgan fingerprint density at radius 3 is 2.78 bits per heavy atom. The molecule has 1 atom stereocenters. The van der Waals surface area contributed by atoms with Crippen LogP contribution >= 0.6 is 0 Å². The van der Waals surface area contributed by atoms with Gasteiger partial charge in [0, 0.05) is 12.5 Å².